The summed E-state index contributed by atoms with van der Waals surface area (Å²) in [4.78, 5) is 11.4. The maximum absolute atomic E-state index is 13.3. The Morgan fingerprint density at radius 2 is 1.61 bits per heavy atom. The minimum Gasteiger partial charge on any atom is -0.355 e. The summed E-state index contributed by atoms with van der Waals surface area (Å²) in [7, 11) is -3.93. The van der Waals surface area contributed by atoms with Crippen LogP contribution < -0.4 is 4.90 Å². The van der Waals surface area contributed by atoms with Crippen LogP contribution in [0.5, 0.6) is 0 Å². The second-order valence-corrected chi connectivity index (χ2v) is 9.02. The molecule has 0 saturated carbocycles. The minimum absolute atomic E-state index is 0.118. The highest BCUT2D eigenvalue weighted by atomic mass is 32.2. The molecule has 1 aromatic heterocycles. The Morgan fingerprint density at radius 3 is 2.21 bits per heavy atom. The highest BCUT2D eigenvalue weighted by molar-refractivity contribution is 7.92. The van der Waals surface area contributed by atoms with Gasteiger partial charge in [0.15, 0.2) is 11.1 Å². The van der Waals surface area contributed by atoms with Gasteiger partial charge in [0.1, 0.15) is 5.69 Å². The maximum Gasteiger partial charge on any atom is 0.200 e. The molecule has 0 unspecified atom stereocenters. The molecule has 1 fully saturated rings. The summed E-state index contributed by atoms with van der Waals surface area (Å²) in [5.74, 6) is 0.499. The Hall–Kier alpha value is -2.98. The van der Waals surface area contributed by atoms with Crippen molar-refractivity contribution >= 4 is 26.7 Å². The normalized spacial score (nSPS) is 15.5. The molecule has 0 amide bonds. The SMILES string of the molecule is Cc1ccc(S(=O)(=O)[C@H](C#N)c2nc3ccccc3nc2N2CCCC2)cc1. The van der Waals surface area contributed by atoms with Crippen molar-refractivity contribution < 1.29 is 8.42 Å². The lowest BCUT2D eigenvalue weighted by Crippen LogP contribution is -2.24. The molecule has 1 aliphatic heterocycles. The first kappa shape index (κ1) is 18.4. The number of hydrogen-bond donors (Lipinski definition) is 0. The standard InChI is InChI=1S/C21H20N4O2S/c1-15-8-10-16(11-9-15)28(26,27)19(14-22)20-21(25-12-4-5-13-25)24-18-7-3-2-6-17(18)23-20/h2-3,6-11,19H,4-5,12-13H2,1H3/t19-/m1/s1. The second kappa shape index (κ2) is 7.21. The molecule has 0 bridgehead atoms. The predicted molar refractivity (Wildman–Crippen MR) is 108 cm³/mol. The molecule has 2 heterocycles. The van der Waals surface area contributed by atoms with E-state index in [-0.39, 0.29) is 10.6 Å². The van der Waals surface area contributed by atoms with Gasteiger partial charge in [0.25, 0.3) is 0 Å². The van der Waals surface area contributed by atoms with Crippen molar-refractivity contribution in [1.29, 1.82) is 5.26 Å². The first-order valence-corrected chi connectivity index (χ1v) is 10.8. The van der Waals surface area contributed by atoms with E-state index < -0.39 is 15.1 Å². The predicted octanol–water partition coefficient (Wildman–Crippen LogP) is 3.58. The Balaban J connectivity index is 1.90. The summed E-state index contributed by atoms with van der Waals surface area (Å²) in [6.07, 6.45) is 2.02. The van der Waals surface area contributed by atoms with E-state index in [1.807, 2.05) is 36.1 Å². The zero-order valence-corrected chi connectivity index (χ0v) is 16.4. The van der Waals surface area contributed by atoms with Gasteiger partial charge in [0.2, 0.25) is 9.84 Å². The molecule has 6 nitrogen and oxygen atoms in total. The van der Waals surface area contributed by atoms with Crippen LogP contribution in [0.1, 0.15) is 29.3 Å². The van der Waals surface area contributed by atoms with Crippen LogP contribution in [0.3, 0.4) is 0 Å². The van der Waals surface area contributed by atoms with Crippen LogP contribution in [0.15, 0.2) is 53.4 Å². The fraction of sp³-hybridized carbons (Fsp3) is 0.286. The number of aromatic nitrogens is 2. The van der Waals surface area contributed by atoms with Crippen LogP contribution in [-0.4, -0.2) is 31.5 Å². The van der Waals surface area contributed by atoms with Gasteiger partial charge in [0, 0.05) is 13.1 Å². The fourth-order valence-corrected chi connectivity index (χ4v) is 4.86. The van der Waals surface area contributed by atoms with Crippen LogP contribution in [0.4, 0.5) is 5.82 Å². The zero-order chi connectivity index (χ0) is 19.7. The zero-order valence-electron chi connectivity index (χ0n) is 15.5. The van der Waals surface area contributed by atoms with Gasteiger partial charge in [-0.1, -0.05) is 29.8 Å². The maximum atomic E-state index is 13.3. The minimum atomic E-state index is -3.93. The number of benzene rings is 2. The molecule has 28 heavy (non-hydrogen) atoms. The molecular formula is C21H20N4O2S. The van der Waals surface area contributed by atoms with Crippen molar-refractivity contribution in [3.63, 3.8) is 0 Å². The summed E-state index contributed by atoms with van der Waals surface area (Å²) >= 11 is 0. The number of nitriles is 1. The third kappa shape index (κ3) is 3.20. The molecule has 4 rings (SSSR count). The molecule has 1 atom stereocenters. The molecule has 2 aromatic carbocycles. The smallest absolute Gasteiger partial charge is 0.200 e. The van der Waals surface area contributed by atoms with E-state index in [1.54, 1.807) is 30.3 Å². The van der Waals surface area contributed by atoms with E-state index in [9.17, 15) is 13.7 Å². The van der Waals surface area contributed by atoms with E-state index in [0.717, 1.165) is 31.5 Å². The van der Waals surface area contributed by atoms with Gasteiger partial charge < -0.3 is 4.90 Å². The summed E-state index contributed by atoms with van der Waals surface area (Å²) in [6.45, 7) is 3.45. The second-order valence-electron chi connectivity index (χ2n) is 6.98. The summed E-state index contributed by atoms with van der Waals surface area (Å²) in [5.41, 5.74) is 2.44. The topological polar surface area (TPSA) is 86.9 Å². The van der Waals surface area contributed by atoms with E-state index in [4.69, 9.17) is 4.98 Å². The lowest BCUT2D eigenvalue weighted by molar-refractivity contribution is 0.590. The number of aryl methyl sites for hydroxylation is 1. The first-order chi connectivity index (χ1) is 13.5. The molecule has 0 radical (unpaired) electrons. The van der Waals surface area contributed by atoms with Crippen LogP contribution in [0.25, 0.3) is 11.0 Å². The summed E-state index contributed by atoms with van der Waals surface area (Å²) < 4.78 is 26.5. The van der Waals surface area contributed by atoms with E-state index in [0.29, 0.717) is 16.9 Å². The number of nitrogens with zero attached hydrogens (tertiary/aromatic N) is 4. The average molecular weight is 392 g/mol. The van der Waals surface area contributed by atoms with Crippen LogP contribution >= 0.6 is 0 Å². The van der Waals surface area contributed by atoms with Crippen LogP contribution in [0.2, 0.25) is 0 Å². The van der Waals surface area contributed by atoms with Gasteiger partial charge in [-0.05, 0) is 44.0 Å². The van der Waals surface area contributed by atoms with E-state index in [2.05, 4.69) is 4.98 Å². The number of para-hydroxylation sites is 2. The molecule has 0 aliphatic carbocycles. The van der Waals surface area contributed by atoms with Crippen molar-refractivity contribution in [2.45, 2.75) is 29.9 Å². The lowest BCUT2D eigenvalue weighted by Gasteiger charge is -2.22. The fourth-order valence-electron chi connectivity index (χ4n) is 3.48. The highest BCUT2D eigenvalue weighted by Crippen LogP contribution is 2.35. The third-order valence-corrected chi connectivity index (χ3v) is 6.89. The summed E-state index contributed by atoms with van der Waals surface area (Å²) in [5, 5.41) is 8.44. The van der Waals surface area contributed by atoms with E-state index in [1.165, 1.54) is 0 Å². The number of fused-ring (bicyclic) bond motifs is 1. The van der Waals surface area contributed by atoms with Gasteiger partial charge in [-0.15, -0.1) is 0 Å². The van der Waals surface area contributed by atoms with Crippen molar-refractivity contribution in [2.24, 2.45) is 0 Å². The first-order valence-electron chi connectivity index (χ1n) is 9.22. The average Bonchev–Trinajstić information content (AvgIpc) is 3.23. The molecule has 1 aliphatic rings. The quantitative estimate of drug-likeness (QED) is 0.674. The molecule has 0 spiro atoms. The van der Waals surface area contributed by atoms with Gasteiger partial charge in [-0.3, -0.25) is 0 Å². The van der Waals surface area contributed by atoms with Gasteiger partial charge in [-0.2, -0.15) is 5.26 Å². The molecule has 7 heteroatoms. The van der Waals surface area contributed by atoms with Crippen LogP contribution in [-0.2, 0) is 9.84 Å². The Bertz CT molecular complexity index is 1160. The van der Waals surface area contributed by atoms with Crippen molar-refractivity contribution in [3.05, 3.63) is 59.8 Å². The van der Waals surface area contributed by atoms with Gasteiger partial charge in [-0.25, -0.2) is 18.4 Å². The molecule has 142 valence electrons. The Morgan fingerprint density at radius 1 is 1.00 bits per heavy atom. The van der Waals surface area contributed by atoms with Gasteiger partial charge in [0.05, 0.1) is 22.0 Å². The number of hydrogen-bond acceptors (Lipinski definition) is 6. The van der Waals surface area contributed by atoms with Crippen molar-refractivity contribution in [3.8, 4) is 6.07 Å². The largest absolute Gasteiger partial charge is 0.355 e. The van der Waals surface area contributed by atoms with Crippen LogP contribution in [0, 0.1) is 18.3 Å². The number of anilines is 1. The molecule has 3 aromatic rings. The molecule has 0 N–H and O–H groups in total. The lowest BCUT2D eigenvalue weighted by atomic mass is 10.2. The Labute approximate surface area is 164 Å². The van der Waals surface area contributed by atoms with Crippen molar-refractivity contribution in [1.82, 2.24) is 9.97 Å². The summed E-state index contributed by atoms with van der Waals surface area (Å²) in [6, 6.07) is 15.9. The van der Waals surface area contributed by atoms with Crippen molar-refractivity contribution in [2.75, 3.05) is 18.0 Å². The van der Waals surface area contributed by atoms with Gasteiger partial charge >= 0.3 is 0 Å². The Kier molecular flexibility index (Phi) is 4.73. The highest BCUT2D eigenvalue weighted by Gasteiger charge is 2.35. The number of rotatable bonds is 4. The third-order valence-electron chi connectivity index (χ3n) is 5.01. The number of sulfone groups is 1. The monoisotopic (exact) mass is 392 g/mol. The van der Waals surface area contributed by atoms with E-state index >= 15 is 0 Å². The molecule has 1 saturated heterocycles. The molecular weight excluding hydrogens is 372 g/mol.